The van der Waals surface area contributed by atoms with Crippen LogP contribution in [0.15, 0.2) is 24.3 Å². The summed E-state index contributed by atoms with van der Waals surface area (Å²) in [5, 5.41) is 19.6. The lowest BCUT2D eigenvalue weighted by Crippen LogP contribution is -2.42. The molecular weight excluding hydrogens is 264 g/mol. The van der Waals surface area contributed by atoms with Crippen LogP contribution in [-0.2, 0) is 0 Å². The molecule has 2 unspecified atom stereocenters. The van der Waals surface area contributed by atoms with Crippen LogP contribution < -0.4 is 4.90 Å². The lowest BCUT2D eigenvalue weighted by molar-refractivity contribution is 0.0565. The number of aliphatic hydroxyl groups excluding tert-OH is 2. The zero-order valence-electron chi connectivity index (χ0n) is 13.2. The first-order valence-corrected chi connectivity index (χ1v) is 7.92. The van der Waals surface area contributed by atoms with Gasteiger partial charge in [-0.05, 0) is 43.5 Å². The first kappa shape index (κ1) is 16.3. The van der Waals surface area contributed by atoms with Crippen LogP contribution in [0.2, 0.25) is 0 Å². The molecule has 0 spiro atoms. The summed E-state index contributed by atoms with van der Waals surface area (Å²) in [6.07, 6.45) is 3.91. The van der Waals surface area contributed by atoms with Gasteiger partial charge in [0.2, 0.25) is 0 Å². The van der Waals surface area contributed by atoms with Crippen LogP contribution in [0.4, 0.5) is 5.69 Å². The minimum Gasteiger partial charge on any atom is -0.396 e. The van der Waals surface area contributed by atoms with Gasteiger partial charge in [-0.2, -0.15) is 0 Å². The molecule has 21 heavy (non-hydrogen) atoms. The first-order valence-electron chi connectivity index (χ1n) is 7.92. The molecule has 1 saturated heterocycles. The van der Waals surface area contributed by atoms with Crippen molar-refractivity contribution >= 4 is 5.69 Å². The molecule has 0 aromatic heterocycles. The molecule has 1 aromatic carbocycles. The third-order valence-electron chi connectivity index (χ3n) is 4.41. The second kappa shape index (κ2) is 7.78. The van der Waals surface area contributed by atoms with Crippen LogP contribution in [0.3, 0.4) is 0 Å². The number of benzene rings is 1. The van der Waals surface area contributed by atoms with Gasteiger partial charge in [0.25, 0.3) is 0 Å². The highest BCUT2D eigenvalue weighted by molar-refractivity contribution is 5.46. The summed E-state index contributed by atoms with van der Waals surface area (Å²) in [6.45, 7) is 1.91. The van der Waals surface area contributed by atoms with Crippen molar-refractivity contribution in [3.8, 4) is 0 Å². The fraction of sp³-hybridized carbons (Fsp3) is 0.647. The molecule has 1 fully saturated rings. The zero-order chi connectivity index (χ0) is 15.2. The van der Waals surface area contributed by atoms with Gasteiger partial charge in [0, 0.05) is 39.0 Å². The minimum atomic E-state index is -0.458. The fourth-order valence-electron chi connectivity index (χ4n) is 3.10. The lowest BCUT2D eigenvalue weighted by Gasteiger charge is -2.36. The number of likely N-dealkylation sites (tertiary alicyclic amines) is 1. The minimum absolute atomic E-state index is 0.231. The number of rotatable bonds is 6. The Labute approximate surface area is 128 Å². The van der Waals surface area contributed by atoms with Crippen LogP contribution in [-0.4, -0.2) is 54.9 Å². The van der Waals surface area contributed by atoms with Crippen molar-refractivity contribution < 1.29 is 10.2 Å². The molecule has 0 radical (unpaired) electrons. The predicted molar refractivity (Wildman–Crippen MR) is 86.6 cm³/mol. The summed E-state index contributed by atoms with van der Waals surface area (Å²) >= 11 is 0. The van der Waals surface area contributed by atoms with Crippen molar-refractivity contribution in [3.63, 3.8) is 0 Å². The predicted octanol–water partition coefficient (Wildman–Crippen LogP) is 2.02. The summed E-state index contributed by atoms with van der Waals surface area (Å²) in [6, 6.07) is 8.51. The van der Waals surface area contributed by atoms with E-state index in [4.69, 9.17) is 0 Å². The Hall–Kier alpha value is -1.10. The number of hydrogen-bond donors (Lipinski definition) is 2. The number of aliphatic hydroxyl groups is 2. The van der Waals surface area contributed by atoms with Crippen LogP contribution in [0.5, 0.6) is 0 Å². The van der Waals surface area contributed by atoms with E-state index < -0.39 is 6.10 Å². The molecule has 0 bridgehead atoms. The Bertz CT molecular complexity index is 417. The Morgan fingerprint density at radius 1 is 1.24 bits per heavy atom. The van der Waals surface area contributed by atoms with Gasteiger partial charge in [-0.15, -0.1) is 0 Å². The molecule has 2 atom stereocenters. The maximum atomic E-state index is 10.5. The normalized spacial score (nSPS) is 21.2. The van der Waals surface area contributed by atoms with E-state index in [9.17, 15) is 10.2 Å². The smallest absolute Gasteiger partial charge is 0.0917 e. The van der Waals surface area contributed by atoms with E-state index in [1.807, 2.05) is 38.4 Å². The average molecular weight is 292 g/mol. The molecule has 1 heterocycles. The van der Waals surface area contributed by atoms with Gasteiger partial charge in [0.15, 0.2) is 0 Å². The van der Waals surface area contributed by atoms with Crippen LogP contribution in [0.25, 0.3) is 0 Å². The van der Waals surface area contributed by atoms with E-state index in [0.29, 0.717) is 12.6 Å². The van der Waals surface area contributed by atoms with Gasteiger partial charge in [0.05, 0.1) is 6.10 Å². The van der Waals surface area contributed by atoms with E-state index in [1.165, 1.54) is 12.8 Å². The number of nitrogens with zero attached hydrogens (tertiary/aromatic N) is 2. The molecule has 4 heteroatoms. The van der Waals surface area contributed by atoms with Crippen LogP contribution >= 0.6 is 0 Å². The molecule has 4 nitrogen and oxygen atoms in total. The third-order valence-corrected chi connectivity index (χ3v) is 4.41. The maximum absolute atomic E-state index is 10.5. The van der Waals surface area contributed by atoms with Crippen molar-refractivity contribution in [1.29, 1.82) is 0 Å². The van der Waals surface area contributed by atoms with E-state index in [2.05, 4.69) is 9.80 Å². The summed E-state index contributed by atoms with van der Waals surface area (Å²) in [5.41, 5.74) is 2.11. The first-order chi connectivity index (χ1) is 10.1. The van der Waals surface area contributed by atoms with Gasteiger partial charge < -0.3 is 15.1 Å². The summed E-state index contributed by atoms with van der Waals surface area (Å²) in [5.74, 6) is 0. The van der Waals surface area contributed by atoms with Gasteiger partial charge in [-0.25, -0.2) is 0 Å². The molecule has 0 amide bonds. The van der Waals surface area contributed by atoms with Crippen molar-refractivity contribution in [2.45, 2.75) is 37.8 Å². The zero-order valence-corrected chi connectivity index (χ0v) is 13.2. The Morgan fingerprint density at radius 3 is 2.57 bits per heavy atom. The van der Waals surface area contributed by atoms with Crippen molar-refractivity contribution in [1.82, 2.24) is 4.90 Å². The fourth-order valence-corrected chi connectivity index (χ4v) is 3.10. The van der Waals surface area contributed by atoms with E-state index in [-0.39, 0.29) is 6.61 Å². The third kappa shape index (κ3) is 4.43. The van der Waals surface area contributed by atoms with E-state index >= 15 is 0 Å². The largest absolute Gasteiger partial charge is 0.396 e. The molecule has 0 saturated carbocycles. The van der Waals surface area contributed by atoms with Gasteiger partial charge >= 0.3 is 0 Å². The van der Waals surface area contributed by atoms with Crippen LogP contribution in [0, 0.1) is 0 Å². The molecular formula is C17H28N2O2. The molecule has 2 rings (SSSR count). The van der Waals surface area contributed by atoms with Gasteiger partial charge in [-0.1, -0.05) is 18.6 Å². The summed E-state index contributed by atoms with van der Waals surface area (Å²) < 4.78 is 0. The Morgan fingerprint density at radius 2 is 1.95 bits per heavy atom. The topological polar surface area (TPSA) is 46.9 Å². The highest BCUT2D eigenvalue weighted by Crippen LogP contribution is 2.24. The maximum Gasteiger partial charge on any atom is 0.0917 e. The Kier molecular flexibility index (Phi) is 6.03. The summed E-state index contributed by atoms with van der Waals surface area (Å²) in [7, 11) is 4.03. The molecule has 0 aliphatic carbocycles. The lowest BCUT2D eigenvalue weighted by atomic mass is 9.98. The van der Waals surface area contributed by atoms with Crippen molar-refractivity contribution in [2.24, 2.45) is 0 Å². The molecule has 118 valence electrons. The molecule has 1 aromatic rings. The quantitative estimate of drug-likeness (QED) is 0.842. The molecule has 1 aliphatic rings. The number of piperidine rings is 1. The molecule has 2 N–H and O–H groups in total. The summed E-state index contributed by atoms with van der Waals surface area (Å²) in [4.78, 5) is 4.39. The highest BCUT2D eigenvalue weighted by atomic mass is 16.3. The second-order valence-corrected chi connectivity index (χ2v) is 6.16. The van der Waals surface area contributed by atoms with Gasteiger partial charge in [-0.3, -0.25) is 4.90 Å². The SMILES string of the molecule is CN(C)c1ccc(C(O)CN2CCCCC2CCO)cc1. The standard InChI is InChI=1S/C17H28N2O2/c1-18(2)15-8-6-14(7-9-15)17(21)13-19-11-4-3-5-16(19)10-12-20/h6-9,16-17,20-21H,3-5,10-13H2,1-2H3. The molecule has 1 aliphatic heterocycles. The number of anilines is 1. The number of β-amino-alcohol motifs (C(OH)–C–C–N with tert-alkyl or cyclic N) is 1. The average Bonchev–Trinajstić information content (AvgIpc) is 2.49. The highest BCUT2D eigenvalue weighted by Gasteiger charge is 2.24. The van der Waals surface area contributed by atoms with Crippen LogP contribution in [0.1, 0.15) is 37.4 Å². The monoisotopic (exact) mass is 292 g/mol. The van der Waals surface area contributed by atoms with E-state index in [0.717, 1.165) is 30.6 Å². The van der Waals surface area contributed by atoms with E-state index in [1.54, 1.807) is 0 Å². The van der Waals surface area contributed by atoms with Gasteiger partial charge in [0.1, 0.15) is 0 Å². The Balaban J connectivity index is 1.97. The number of hydrogen-bond acceptors (Lipinski definition) is 4. The van der Waals surface area contributed by atoms with Crippen molar-refractivity contribution in [3.05, 3.63) is 29.8 Å². The second-order valence-electron chi connectivity index (χ2n) is 6.16. The van der Waals surface area contributed by atoms with Crippen molar-refractivity contribution in [2.75, 3.05) is 38.7 Å².